The number of unbranched alkanes of at least 4 members (excludes halogenated alkanes) is 1. The Morgan fingerprint density at radius 1 is 1.26 bits per heavy atom. The maximum atomic E-state index is 10.1. The zero-order valence-electron chi connectivity index (χ0n) is 11.0. The molecular formula is C15H22ClNO2. The summed E-state index contributed by atoms with van der Waals surface area (Å²) in [5.74, 6) is 0. The van der Waals surface area contributed by atoms with Crippen molar-refractivity contribution in [2.45, 2.75) is 31.9 Å². The molecule has 0 bridgehead atoms. The van der Waals surface area contributed by atoms with Gasteiger partial charge in [-0.25, -0.2) is 0 Å². The SMILES string of the molecule is Cl.N[C@H](/C=C/COCc1ccccc1)CCCC=O. The molecule has 3 nitrogen and oxygen atoms in total. The first-order valence-electron chi connectivity index (χ1n) is 6.30. The molecule has 0 amide bonds. The first-order chi connectivity index (χ1) is 8.83. The maximum Gasteiger partial charge on any atom is 0.119 e. The highest BCUT2D eigenvalue weighted by Crippen LogP contribution is 2.01. The van der Waals surface area contributed by atoms with E-state index in [2.05, 4.69) is 0 Å². The van der Waals surface area contributed by atoms with Crippen LogP contribution in [0.25, 0.3) is 0 Å². The smallest absolute Gasteiger partial charge is 0.119 e. The standard InChI is InChI=1S/C15H21NO2.ClH/c16-15(9-4-5-11-17)10-6-12-18-13-14-7-2-1-3-8-14;/h1-3,6-8,10-11,15H,4-5,9,12-13,16H2;1H/b10-6+;/t15-;/m0./s1. The van der Waals surface area contributed by atoms with Gasteiger partial charge in [0.15, 0.2) is 0 Å². The third-order valence-electron chi connectivity index (χ3n) is 2.57. The van der Waals surface area contributed by atoms with Crippen molar-refractivity contribution in [2.75, 3.05) is 6.61 Å². The maximum absolute atomic E-state index is 10.1. The Labute approximate surface area is 121 Å². The number of carbonyl (C=O) groups excluding carboxylic acids is 1. The topological polar surface area (TPSA) is 52.3 Å². The summed E-state index contributed by atoms with van der Waals surface area (Å²) in [6.07, 6.45) is 7.09. The number of aldehydes is 1. The van der Waals surface area contributed by atoms with Gasteiger partial charge in [-0.15, -0.1) is 12.4 Å². The summed E-state index contributed by atoms with van der Waals surface area (Å²) in [5, 5.41) is 0. The van der Waals surface area contributed by atoms with E-state index in [4.69, 9.17) is 10.5 Å². The Kier molecular flexibility index (Phi) is 11.2. The quantitative estimate of drug-likeness (QED) is 0.431. The fourth-order valence-corrected chi connectivity index (χ4v) is 1.58. The predicted molar refractivity (Wildman–Crippen MR) is 80.4 cm³/mol. The van der Waals surface area contributed by atoms with Crippen molar-refractivity contribution < 1.29 is 9.53 Å². The van der Waals surface area contributed by atoms with Crippen molar-refractivity contribution in [3.05, 3.63) is 48.0 Å². The molecule has 1 rings (SSSR count). The van der Waals surface area contributed by atoms with Crippen LogP contribution in [0.5, 0.6) is 0 Å². The van der Waals surface area contributed by atoms with E-state index in [0.717, 1.165) is 19.1 Å². The lowest BCUT2D eigenvalue weighted by molar-refractivity contribution is -0.107. The number of benzene rings is 1. The first-order valence-corrected chi connectivity index (χ1v) is 6.30. The second-order valence-electron chi connectivity index (χ2n) is 4.19. The number of hydrogen-bond donors (Lipinski definition) is 1. The largest absolute Gasteiger partial charge is 0.373 e. The summed E-state index contributed by atoms with van der Waals surface area (Å²) < 4.78 is 5.50. The van der Waals surface area contributed by atoms with Crippen molar-refractivity contribution in [3.63, 3.8) is 0 Å². The normalized spacial score (nSPS) is 12.1. The molecule has 2 N–H and O–H groups in total. The zero-order valence-corrected chi connectivity index (χ0v) is 11.9. The molecule has 0 saturated heterocycles. The summed E-state index contributed by atoms with van der Waals surface area (Å²) in [5.41, 5.74) is 7.02. The Morgan fingerprint density at radius 2 is 2.00 bits per heavy atom. The minimum absolute atomic E-state index is 0. The van der Waals surface area contributed by atoms with Gasteiger partial charge in [0.2, 0.25) is 0 Å². The number of nitrogens with two attached hydrogens (primary N) is 1. The molecule has 1 atom stereocenters. The summed E-state index contributed by atoms with van der Waals surface area (Å²) in [7, 11) is 0. The molecule has 0 saturated carbocycles. The second kappa shape index (κ2) is 11.9. The van der Waals surface area contributed by atoms with Gasteiger partial charge in [-0.3, -0.25) is 0 Å². The van der Waals surface area contributed by atoms with Crippen LogP contribution in [-0.2, 0) is 16.1 Å². The lowest BCUT2D eigenvalue weighted by Gasteiger charge is -2.04. The lowest BCUT2D eigenvalue weighted by atomic mass is 10.1. The van der Waals surface area contributed by atoms with Gasteiger partial charge in [0.05, 0.1) is 13.2 Å². The van der Waals surface area contributed by atoms with Gasteiger partial charge in [-0.1, -0.05) is 42.5 Å². The summed E-state index contributed by atoms with van der Waals surface area (Å²) in [6.45, 7) is 1.18. The molecule has 0 heterocycles. The molecule has 106 valence electrons. The van der Waals surface area contributed by atoms with Crippen LogP contribution in [0.15, 0.2) is 42.5 Å². The molecule has 0 unspecified atom stereocenters. The van der Waals surface area contributed by atoms with Crippen LogP contribution in [0.3, 0.4) is 0 Å². The molecule has 4 heteroatoms. The van der Waals surface area contributed by atoms with E-state index in [1.807, 2.05) is 42.5 Å². The highest BCUT2D eigenvalue weighted by Gasteiger charge is 1.96. The van der Waals surface area contributed by atoms with E-state index in [0.29, 0.717) is 19.6 Å². The van der Waals surface area contributed by atoms with E-state index < -0.39 is 0 Å². The average Bonchev–Trinajstić information content (AvgIpc) is 2.40. The van der Waals surface area contributed by atoms with E-state index in [1.165, 1.54) is 5.56 Å². The molecule has 0 spiro atoms. The van der Waals surface area contributed by atoms with E-state index >= 15 is 0 Å². The van der Waals surface area contributed by atoms with Crippen molar-refractivity contribution in [1.82, 2.24) is 0 Å². The van der Waals surface area contributed by atoms with Gasteiger partial charge in [-0.05, 0) is 18.4 Å². The Balaban J connectivity index is 0.00000324. The van der Waals surface area contributed by atoms with Crippen LogP contribution >= 0.6 is 12.4 Å². The summed E-state index contributed by atoms with van der Waals surface area (Å²) >= 11 is 0. The molecule has 0 aliphatic carbocycles. The molecular weight excluding hydrogens is 262 g/mol. The third kappa shape index (κ3) is 9.42. The molecule has 1 aromatic rings. The van der Waals surface area contributed by atoms with E-state index in [9.17, 15) is 4.79 Å². The van der Waals surface area contributed by atoms with Crippen LogP contribution in [0.4, 0.5) is 0 Å². The third-order valence-corrected chi connectivity index (χ3v) is 2.57. The monoisotopic (exact) mass is 283 g/mol. The van der Waals surface area contributed by atoms with Gasteiger partial charge in [0, 0.05) is 12.5 Å². The van der Waals surface area contributed by atoms with E-state index in [-0.39, 0.29) is 18.4 Å². The minimum atomic E-state index is 0. The van der Waals surface area contributed by atoms with Crippen molar-refractivity contribution >= 4 is 18.7 Å². The van der Waals surface area contributed by atoms with Crippen molar-refractivity contribution in [3.8, 4) is 0 Å². The minimum Gasteiger partial charge on any atom is -0.373 e. The van der Waals surface area contributed by atoms with Gasteiger partial charge >= 0.3 is 0 Å². The first kappa shape index (κ1) is 17.8. The Hall–Kier alpha value is -1.16. The van der Waals surface area contributed by atoms with Gasteiger partial charge in [0.25, 0.3) is 0 Å². The molecule has 0 radical (unpaired) electrons. The predicted octanol–water partition coefficient (Wildman–Crippen LogP) is 2.88. The molecule has 0 fully saturated rings. The average molecular weight is 284 g/mol. The number of rotatable bonds is 9. The van der Waals surface area contributed by atoms with Crippen LogP contribution in [0, 0.1) is 0 Å². The van der Waals surface area contributed by atoms with Crippen molar-refractivity contribution in [1.29, 1.82) is 0 Å². The number of carbonyl (C=O) groups is 1. The van der Waals surface area contributed by atoms with Crippen molar-refractivity contribution in [2.24, 2.45) is 5.73 Å². The fourth-order valence-electron chi connectivity index (χ4n) is 1.58. The molecule has 1 aromatic carbocycles. The molecule has 0 aliphatic rings. The molecule has 0 aromatic heterocycles. The van der Waals surface area contributed by atoms with Gasteiger partial charge in [-0.2, -0.15) is 0 Å². The number of ether oxygens (including phenoxy) is 1. The van der Waals surface area contributed by atoms with Crippen LogP contribution in [0.2, 0.25) is 0 Å². The van der Waals surface area contributed by atoms with Crippen LogP contribution < -0.4 is 5.73 Å². The number of halogens is 1. The van der Waals surface area contributed by atoms with Gasteiger partial charge < -0.3 is 15.3 Å². The Morgan fingerprint density at radius 3 is 2.68 bits per heavy atom. The molecule has 0 aliphatic heterocycles. The summed E-state index contributed by atoms with van der Waals surface area (Å²) in [6, 6.07) is 10.1. The zero-order chi connectivity index (χ0) is 13.1. The number of hydrogen-bond acceptors (Lipinski definition) is 3. The second-order valence-corrected chi connectivity index (χ2v) is 4.19. The lowest BCUT2D eigenvalue weighted by Crippen LogP contribution is -2.16. The van der Waals surface area contributed by atoms with Crippen LogP contribution in [-0.4, -0.2) is 18.9 Å². The summed E-state index contributed by atoms with van der Waals surface area (Å²) in [4.78, 5) is 10.1. The Bertz CT molecular complexity index is 354. The molecule has 19 heavy (non-hydrogen) atoms. The van der Waals surface area contributed by atoms with E-state index in [1.54, 1.807) is 0 Å². The fraction of sp³-hybridized carbons (Fsp3) is 0.400. The highest BCUT2D eigenvalue weighted by atomic mass is 35.5. The van der Waals surface area contributed by atoms with Gasteiger partial charge in [0.1, 0.15) is 6.29 Å². The highest BCUT2D eigenvalue weighted by molar-refractivity contribution is 5.85. The van der Waals surface area contributed by atoms with Crippen LogP contribution in [0.1, 0.15) is 24.8 Å².